The fraction of sp³-hybridized carbons (Fsp3) is 0.0769. The van der Waals surface area contributed by atoms with E-state index in [2.05, 4.69) is 26.9 Å². The Labute approximate surface area is 114 Å². The van der Waals surface area contributed by atoms with Crippen molar-refractivity contribution in [2.75, 3.05) is 0 Å². The van der Waals surface area contributed by atoms with Gasteiger partial charge in [0, 0.05) is 12.6 Å². The van der Waals surface area contributed by atoms with E-state index in [1.54, 1.807) is 10.9 Å². The highest BCUT2D eigenvalue weighted by Crippen LogP contribution is 1.99. The second kappa shape index (κ2) is 4.63. The van der Waals surface area contributed by atoms with E-state index in [0.29, 0.717) is 16.4 Å². The molecule has 0 saturated heterocycles. The first kappa shape index (κ1) is 11.6. The maximum absolute atomic E-state index is 5.22. The van der Waals surface area contributed by atoms with Crippen molar-refractivity contribution >= 4 is 18.0 Å². The molecular weight excluding hydrogens is 258 g/mol. The fourth-order valence-electron chi connectivity index (χ4n) is 1.56. The van der Waals surface area contributed by atoms with Crippen molar-refractivity contribution in [3.63, 3.8) is 0 Å². The molecule has 0 fully saturated rings. The van der Waals surface area contributed by atoms with Gasteiger partial charge in [-0.3, -0.25) is 0 Å². The van der Waals surface area contributed by atoms with Gasteiger partial charge in [0.1, 0.15) is 6.33 Å². The third-order valence-corrected chi connectivity index (χ3v) is 2.97. The second-order valence-electron chi connectivity index (χ2n) is 3.90. The molecule has 3 aromatic rings. The smallest absolute Gasteiger partial charge is 0.257 e. The average Bonchev–Trinajstić information content (AvgIpc) is 2.86. The van der Waals surface area contributed by atoms with Crippen molar-refractivity contribution in [3.05, 3.63) is 52.8 Å². The first-order chi connectivity index (χ1) is 9.24. The molecule has 0 N–H and O–H groups in total. The van der Waals surface area contributed by atoms with E-state index in [-0.39, 0.29) is 0 Å². The molecule has 0 unspecified atom stereocenters. The van der Waals surface area contributed by atoms with E-state index < -0.39 is 0 Å². The molecule has 0 aliphatic heterocycles. The lowest BCUT2D eigenvalue weighted by Gasteiger charge is -1.96. The predicted molar refractivity (Wildman–Crippen MR) is 73.0 cm³/mol. The molecule has 0 aliphatic rings. The highest BCUT2D eigenvalue weighted by atomic mass is 32.1. The van der Waals surface area contributed by atoms with Gasteiger partial charge in [-0.05, 0) is 30.3 Å². The van der Waals surface area contributed by atoms with Crippen LogP contribution in [0.4, 0.5) is 0 Å². The molecular formula is C13H9N5S. The van der Waals surface area contributed by atoms with Crippen molar-refractivity contribution < 1.29 is 0 Å². The summed E-state index contributed by atoms with van der Waals surface area (Å²) in [5.74, 6) is 6.78. The molecule has 0 saturated carbocycles. The number of nitrogens with zero attached hydrogens (tertiary/aromatic N) is 5. The van der Waals surface area contributed by atoms with Gasteiger partial charge in [-0.2, -0.15) is 9.50 Å². The van der Waals surface area contributed by atoms with E-state index in [9.17, 15) is 0 Å². The van der Waals surface area contributed by atoms with Crippen molar-refractivity contribution in [1.82, 2.24) is 24.1 Å². The minimum absolute atomic E-state index is 0.411. The van der Waals surface area contributed by atoms with Crippen LogP contribution >= 0.6 is 12.2 Å². The van der Waals surface area contributed by atoms with Crippen LogP contribution in [0.15, 0.2) is 36.7 Å². The van der Waals surface area contributed by atoms with Gasteiger partial charge in [-0.25, -0.2) is 4.98 Å². The zero-order valence-corrected chi connectivity index (χ0v) is 10.9. The lowest BCUT2D eigenvalue weighted by molar-refractivity contribution is 0.745. The fourth-order valence-corrected chi connectivity index (χ4v) is 1.72. The summed E-state index contributed by atoms with van der Waals surface area (Å²) >= 11 is 5.22. The SMILES string of the molecule is Cn1cnc2nc(C#Cc3ccccc3)nn2c1=S. The van der Waals surface area contributed by atoms with Crippen LogP contribution in [0.5, 0.6) is 0 Å². The maximum atomic E-state index is 5.22. The van der Waals surface area contributed by atoms with Crippen molar-refractivity contribution in [2.24, 2.45) is 7.05 Å². The number of aromatic nitrogens is 5. The largest absolute Gasteiger partial charge is 0.311 e. The molecule has 5 nitrogen and oxygen atoms in total. The topological polar surface area (TPSA) is 48.0 Å². The average molecular weight is 267 g/mol. The van der Waals surface area contributed by atoms with Gasteiger partial charge >= 0.3 is 0 Å². The molecule has 2 aromatic heterocycles. The third kappa shape index (κ3) is 2.23. The molecule has 19 heavy (non-hydrogen) atoms. The summed E-state index contributed by atoms with van der Waals surface area (Å²) in [4.78, 5) is 8.35. The number of fused-ring (bicyclic) bond motifs is 1. The molecule has 1 aromatic carbocycles. The maximum Gasteiger partial charge on any atom is 0.257 e. The van der Waals surface area contributed by atoms with E-state index in [4.69, 9.17) is 12.2 Å². The van der Waals surface area contributed by atoms with Gasteiger partial charge in [-0.15, -0.1) is 5.10 Å². The van der Waals surface area contributed by atoms with Crippen molar-refractivity contribution in [1.29, 1.82) is 0 Å². The highest BCUT2D eigenvalue weighted by Gasteiger charge is 2.03. The molecule has 3 rings (SSSR count). The number of hydrogen-bond donors (Lipinski definition) is 0. The van der Waals surface area contributed by atoms with E-state index in [1.165, 1.54) is 4.52 Å². The van der Waals surface area contributed by atoms with Gasteiger partial charge in [0.05, 0.1) is 0 Å². The Morgan fingerprint density at radius 2 is 1.95 bits per heavy atom. The molecule has 2 heterocycles. The van der Waals surface area contributed by atoms with Crippen LogP contribution in [0.3, 0.4) is 0 Å². The number of rotatable bonds is 0. The first-order valence-electron chi connectivity index (χ1n) is 5.59. The van der Waals surface area contributed by atoms with Crippen LogP contribution in [-0.4, -0.2) is 24.1 Å². The molecule has 0 bridgehead atoms. The van der Waals surface area contributed by atoms with E-state index >= 15 is 0 Å². The molecule has 0 amide bonds. The zero-order valence-electron chi connectivity index (χ0n) is 10.1. The summed E-state index contributed by atoms with van der Waals surface area (Å²) in [6.45, 7) is 0. The molecule has 0 radical (unpaired) electrons. The van der Waals surface area contributed by atoms with Gasteiger partial charge in [-0.1, -0.05) is 24.1 Å². The van der Waals surface area contributed by atoms with Gasteiger partial charge in [0.25, 0.3) is 5.78 Å². The summed E-state index contributed by atoms with van der Waals surface area (Å²) in [5.41, 5.74) is 0.915. The van der Waals surface area contributed by atoms with Crippen LogP contribution in [0.2, 0.25) is 0 Å². The molecule has 0 atom stereocenters. The third-order valence-electron chi connectivity index (χ3n) is 2.51. The van der Waals surface area contributed by atoms with Crippen LogP contribution in [0.25, 0.3) is 5.78 Å². The Kier molecular flexibility index (Phi) is 2.82. The van der Waals surface area contributed by atoms with Crippen LogP contribution in [-0.2, 0) is 7.05 Å². The predicted octanol–water partition coefficient (Wildman–Crippen LogP) is 1.59. The Bertz CT molecular complexity index is 851. The summed E-state index contributed by atoms with van der Waals surface area (Å²) in [6.07, 6.45) is 1.61. The summed E-state index contributed by atoms with van der Waals surface area (Å²) in [7, 11) is 1.81. The summed E-state index contributed by atoms with van der Waals surface area (Å²) in [5, 5.41) is 4.23. The first-order valence-corrected chi connectivity index (χ1v) is 6.00. The highest BCUT2D eigenvalue weighted by molar-refractivity contribution is 7.71. The minimum Gasteiger partial charge on any atom is -0.311 e. The lowest BCUT2D eigenvalue weighted by atomic mass is 10.2. The standard InChI is InChI=1S/C13H9N5S/c1-17-9-14-12-15-11(16-18(12)13(17)19)8-7-10-5-3-2-4-6-10/h2-6,9H,1H3. The number of benzene rings is 1. The Morgan fingerprint density at radius 3 is 2.74 bits per heavy atom. The minimum atomic E-state index is 0.411. The van der Waals surface area contributed by atoms with Crippen LogP contribution < -0.4 is 0 Å². The van der Waals surface area contributed by atoms with E-state index in [0.717, 1.165) is 5.56 Å². The second-order valence-corrected chi connectivity index (χ2v) is 4.27. The molecule has 0 aliphatic carbocycles. The molecule has 92 valence electrons. The van der Waals surface area contributed by atoms with Crippen molar-refractivity contribution in [3.8, 4) is 11.8 Å². The molecule has 0 spiro atoms. The quantitative estimate of drug-likeness (QED) is 0.458. The number of hydrogen-bond acceptors (Lipinski definition) is 4. The van der Waals surface area contributed by atoms with Gasteiger partial charge in [0.15, 0.2) is 0 Å². The van der Waals surface area contributed by atoms with Gasteiger partial charge in [0.2, 0.25) is 10.6 Å². The summed E-state index contributed by atoms with van der Waals surface area (Å²) < 4.78 is 3.74. The summed E-state index contributed by atoms with van der Waals surface area (Å²) in [6, 6.07) is 9.68. The number of aryl methyl sites for hydroxylation is 1. The molecule has 6 heteroatoms. The van der Waals surface area contributed by atoms with Crippen molar-refractivity contribution in [2.45, 2.75) is 0 Å². The van der Waals surface area contributed by atoms with Gasteiger partial charge < -0.3 is 4.57 Å². The monoisotopic (exact) mass is 267 g/mol. The Morgan fingerprint density at radius 1 is 1.16 bits per heavy atom. The lowest BCUT2D eigenvalue weighted by Crippen LogP contribution is -2.02. The normalized spacial score (nSPS) is 10.2. The Balaban J connectivity index is 2.06. The van der Waals surface area contributed by atoms with E-state index in [1.807, 2.05) is 37.4 Å². The zero-order chi connectivity index (χ0) is 13.2. The Hall–Kier alpha value is -2.52. The van der Waals surface area contributed by atoms with Crippen LogP contribution in [0.1, 0.15) is 11.4 Å². The van der Waals surface area contributed by atoms with Crippen LogP contribution in [0, 0.1) is 16.6 Å².